The molecule has 0 aromatic heterocycles. The Morgan fingerprint density at radius 3 is 2.90 bits per heavy atom. The van der Waals surface area contributed by atoms with Crippen LogP contribution in [0.1, 0.15) is 31.2 Å². The van der Waals surface area contributed by atoms with Crippen molar-refractivity contribution < 1.29 is 18.3 Å². The van der Waals surface area contributed by atoms with Crippen molar-refractivity contribution in [2.45, 2.75) is 44.9 Å². The van der Waals surface area contributed by atoms with Crippen molar-refractivity contribution in [3.63, 3.8) is 0 Å². The summed E-state index contributed by atoms with van der Waals surface area (Å²) in [5.74, 6) is 0.240. The van der Waals surface area contributed by atoms with Crippen LogP contribution in [0.15, 0.2) is 24.3 Å². The topological polar surface area (TPSA) is 30.5 Å². The van der Waals surface area contributed by atoms with Gasteiger partial charge in [-0.3, -0.25) is 0 Å². The maximum absolute atomic E-state index is 12.3. The molecule has 2 rings (SSSR count). The van der Waals surface area contributed by atoms with E-state index in [0.717, 1.165) is 38.0 Å². The zero-order valence-electron chi connectivity index (χ0n) is 11.5. The minimum absolute atomic E-state index is 0.240. The Bertz CT molecular complexity index is 395. The predicted octanol–water partition coefficient (Wildman–Crippen LogP) is 3.34. The first-order chi connectivity index (χ1) is 9.75. The third-order valence-electron chi connectivity index (χ3n) is 3.42. The summed E-state index contributed by atoms with van der Waals surface area (Å²) < 4.78 is 34.7. The number of para-hydroxylation sites is 1. The van der Waals surface area contributed by atoms with Gasteiger partial charge in [0, 0.05) is 18.7 Å². The number of halogens is 2. The predicted molar refractivity (Wildman–Crippen MR) is 73.0 cm³/mol. The van der Waals surface area contributed by atoms with Crippen LogP contribution in [-0.2, 0) is 11.3 Å². The Morgan fingerprint density at radius 1 is 1.30 bits per heavy atom. The molecular formula is C15H21F2NO2. The summed E-state index contributed by atoms with van der Waals surface area (Å²) >= 11 is 0. The first kappa shape index (κ1) is 15.2. The Morgan fingerprint density at radius 2 is 2.15 bits per heavy atom. The van der Waals surface area contributed by atoms with Crippen molar-refractivity contribution in [3.8, 4) is 5.75 Å². The number of benzene rings is 1. The maximum atomic E-state index is 12.3. The molecule has 5 heteroatoms. The van der Waals surface area contributed by atoms with E-state index in [-0.39, 0.29) is 5.75 Å². The van der Waals surface area contributed by atoms with E-state index < -0.39 is 6.61 Å². The molecule has 1 saturated heterocycles. The van der Waals surface area contributed by atoms with Crippen LogP contribution in [0.3, 0.4) is 0 Å². The van der Waals surface area contributed by atoms with E-state index in [9.17, 15) is 8.78 Å². The lowest BCUT2D eigenvalue weighted by Gasteiger charge is -2.22. The van der Waals surface area contributed by atoms with Crippen LogP contribution in [0.25, 0.3) is 0 Å². The zero-order valence-corrected chi connectivity index (χ0v) is 11.5. The van der Waals surface area contributed by atoms with E-state index in [0.29, 0.717) is 12.6 Å². The molecule has 0 amide bonds. The lowest BCUT2D eigenvalue weighted by atomic mass is 10.1. The number of alkyl halides is 2. The summed E-state index contributed by atoms with van der Waals surface area (Å²) in [5, 5.41) is 3.26. The number of ether oxygens (including phenoxy) is 2. The maximum Gasteiger partial charge on any atom is 0.387 e. The van der Waals surface area contributed by atoms with Gasteiger partial charge in [-0.05, 0) is 38.3 Å². The molecule has 1 aromatic rings. The van der Waals surface area contributed by atoms with Gasteiger partial charge in [0.2, 0.25) is 0 Å². The summed E-state index contributed by atoms with van der Waals surface area (Å²) in [6.45, 7) is -0.592. The van der Waals surface area contributed by atoms with Crippen molar-refractivity contribution in [2.75, 3.05) is 13.2 Å². The average Bonchev–Trinajstić information content (AvgIpc) is 2.46. The molecule has 1 heterocycles. The van der Waals surface area contributed by atoms with Crippen LogP contribution in [0, 0.1) is 0 Å². The van der Waals surface area contributed by atoms with Gasteiger partial charge in [0.15, 0.2) is 0 Å². The van der Waals surface area contributed by atoms with Crippen LogP contribution >= 0.6 is 0 Å². The molecule has 0 radical (unpaired) electrons. The van der Waals surface area contributed by atoms with E-state index in [2.05, 4.69) is 10.1 Å². The molecule has 1 N–H and O–H groups in total. The average molecular weight is 285 g/mol. The molecule has 1 unspecified atom stereocenters. The number of nitrogens with one attached hydrogen (secondary N) is 1. The standard InChI is InChI=1S/C15H21F2NO2/c16-15(17)20-14-7-2-1-5-12(14)11-18-9-8-13-6-3-4-10-19-13/h1-2,5,7,13,15,18H,3-4,6,8-11H2. The summed E-state index contributed by atoms with van der Waals surface area (Å²) in [5.41, 5.74) is 0.748. The van der Waals surface area contributed by atoms with Crippen LogP contribution in [0.5, 0.6) is 5.75 Å². The van der Waals surface area contributed by atoms with Gasteiger partial charge in [0.1, 0.15) is 5.75 Å². The lowest BCUT2D eigenvalue weighted by Crippen LogP contribution is -2.25. The van der Waals surface area contributed by atoms with Gasteiger partial charge in [0.25, 0.3) is 0 Å². The molecular weight excluding hydrogens is 264 g/mol. The van der Waals surface area contributed by atoms with Gasteiger partial charge in [0.05, 0.1) is 6.10 Å². The minimum Gasteiger partial charge on any atom is -0.434 e. The molecule has 1 aromatic carbocycles. The summed E-state index contributed by atoms with van der Waals surface area (Å²) in [6.07, 6.45) is 4.80. The van der Waals surface area contributed by atoms with E-state index >= 15 is 0 Å². The second-order valence-corrected chi connectivity index (χ2v) is 4.94. The molecule has 0 saturated carbocycles. The minimum atomic E-state index is -2.79. The van der Waals surface area contributed by atoms with E-state index in [4.69, 9.17) is 4.74 Å². The van der Waals surface area contributed by atoms with E-state index in [1.54, 1.807) is 18.2 Å². The van der Waals surface area contributed by atoms with Crippen molar-refractivity contribution in [1.29, 1.82) is 0 Å². The van der Waals surface area contributed by atoms with Crippen molar-refractivity contribution >= 4 is 0 Å². The van der Waals surface area contributed by atoms with Crippen molar-refractivity contribution in [3.05, 3.63) is 29.8 Å². The summed E-state index contributed by atoms with van der Waals surface area (Å²) in [6, 6.07) is 6.87. The summed E-state index contributed by atoms with van der Waals surface area (Å²) in [7, 11) is 0. The first-order valence-electron chi connectivity index (χ1n) is 7.11. The number of hydrogen-bond donors (Lipinski definition) is 1. The van der Waals surface area contributed by atoms with Gasteiger partial charge in [-0.1, -0.05) is 18.2 Å². The Balaban J connectivity index is 1.73. The molecule has 1 aliphatic rings. The third-order valence-corrected chi connectivity index (χ3v) is 3.42. The highest BCUT2D eigenvalue weighted by Gasteiger charge is 2.13. The quantitative estimate of drug-likeness (QED) is 0.779. The highest BCUT2D eigenvalue weighted by atomic mass is 19.3. The van der Waals surface area contributed by atoms with E-state index in [1.807, 2.05) is 6.07 Å². The van der Waals surface area contributed by atoms with Crippen LogP contribution in [-0.4, -0.2) is 25.9 Å². The third kappa shape index (κ3) is 5.06. The van der Waals surface area contributed by atoms with Crippen molar-refractivity contribution in [1.82, 2.24) is 5.32 Å². The molecule has 0 aliphatic carbocycles. The molecule has 1 atom stereocenters. The van der Waals surface area contributed by atoms with Gasteiger partial charge in [-0.2, -0.15) is 8.78 Å². The molecule has 3 nitrogen and oxygen atoms in total. The lowest BCUT2D eigenvalue weighted by molar-refractivity contribution is -0.0505. The van der Waals surface area contributed by atoms with Gasteiger partial charge >= 0.3 is 6.61 Å². The van der Waals surface area contributed by atoms with E-state index in [1.165, 1.54) is 6.42 Å². The van der Waals surface area contributed by atoms with Crippen molar-refractivity contribution in [2.24, 2.45) is 0 Å². The monoisotopic (exact) mass is 285 g/mol. The zero-order chi connectivity index (χ0) is 14.2. The fraction of sp³-hybridized carbons (Fsp3) is 0.600. The fourth-order valence-electron chi connectivity index (χ4n) is 2.38. The SMILES string of the molecule is FC(F)Oc1ccccc1CNCCC1CCCCO1. The van der Waals surface area contributed by atoms with Gasteiger partial charge in [-0.25, -0.2) is 0 Å². The number of rotatable bonds is 7. The highest BCUT2D eigenvalue weighted by molar-refractivity contribution is 5.33. The first-order valence-corrected chi connectivity index (χ1v) is 7.11. The molecule has 1 fully saturated rings. The summed E-state index contributed by atoms with van der Waals surface area (Å²) in [4.78, 5) is 0. The molecule has 20 heavy (non-hydrogen) atoms. The molecule has 1 aliphatic heterocycles. The van der Waals surface area contributed by atoms with Gasteiger partial charge < -0.3 is 14.8 Å². The normalized spacial score (nSPS) is 19.2. The molecule has 0 bridgehead atoms. The molecule has 0 spiro atoms. The fourth-order valence-corrected chi connectivity index (χ4v) is 2.38. The second kappa shape index (κ2) is 8.17. The van der Waals surface area contributed by atoms with Crippen LogP contribution < -0.4 is 10.1 Å². The Kier molecular flexibility index (Phi) is 6.21. The largest absolute Gasteiger partial charge is 0.434 e. The van der Waals surface area contributed by atoms with Crippen LogP contribution in [0.2, 0.25) is 0 Å². The van der Waals surface area contributed by atoms with Gasteiger partial charge in [-0.15, -0.1) is 0 Å². The number of hydrogen-bond acceptors (Lipinski definition) is 3. The molecule has 112 valence electrons. The Labute approximate surface area is 118 Å². The smallest absolute Gasteiger partial charge is 0.387 e. The van der Waals surface area contributed by atoms with Crippen LogP contribution in [0.4, 0.5) is 8.78 Å². The second-order valence-electron chi connectivity index (χ2n) is 4.94. The highest BCUT2D eigenvalue weighted by Crippen LogP contribution is 2.20. The Hall–Kier alpha value is -1.20.